The maximum absolute atomic E-state index is 13.3. The van der Waals surface area contributed by atoms with Gasteiger partial charge in [-0.15, -0.1) is 0 Å². The molecule has 0 saturated heterocycles. The van der Waals surface area contributed by atoms with Crippen LogP contribution in [-0.4, -0.2) is 9.78 Å². The third kappa shape index (κ3) is 8.17. The summed E-state index contributed by atoms with van der Waals surface area (Å²) >= 11 is 6.23. The Bertz CT molecular complexity index is 1630. The fraction of sp³-hybridized carbons (Fsp3) is 0.286. The quantitative estimate of drug-likeness (QED) is 0.209. The van der Waals surface area contributed by atoms with Crippen molar-refractivity contribution < 1.29 is 13.5 Å². The summed E-state index contributed by atoms with van der Waals surface area (Å²) in [5, 5.41) is 6.14. The molecule has 0 saturated carbocycles. The Morgan fingerprint density at radius 3 is 1.93 bits per heavy atom. The van der Waals surface area contributed by atoms with Gasteiger partial charge >= 0.3 is 0 Å². The Kier molecular flexibility index (Phi) is 9.18. The van der Waals surface area contributed by atoms with Crippen LogP contribution in [0, 0.1) is 11.6 Å². The van der Waals surface area contributed by atoms with Crippen molar-refractivity contribution in [3.63, 3.8) is 0 Å². The second-order valence-corrected chi connectivity index (χ2v) is 12.7. The first kappa shape index (κ1) is 30.3. The number of hydrogen-bond donors (Lipinski definition) is 0. The van der Waals surface area contributed by atoms with Crippen molar-refractivity contribution >= 4 is 22.5 Å². The van der Waals surface area contributed by atoms with Crippen LogP contribution in [-0.2, 0) is 24.0 Å². The van der Waals surface area contributed by atoms with E-state index in [1.165, 1.54) is 23.8 Å². The van der Waals surface area contributed by atoms with Crippen molar-refractivity contribution in [1.82, 2.24) is 9.78 Å². The molecule has 41 heavy (non-hydrogen) atoms. The molecule has 5 rings (SSSR count). The molecule has 3 nitrogen and oxygen atoms in total. The Labute approximate surface area is 246 Å². The molecule has 6 heteroatoms. The zero-order valence-electron chi connectivity index (χ0n) is 24.5. The van der Waals surface area contributed by atoms with Crippen molar-refractivity contribution in [2.24, 2.45) is 0 Å². The van der Waals surface area contributed by atoms with Gasteiger partial charge in [0.05, 0.1) is 23.3 Å². The molecule has 0 aliphatic rings. The molecule has 0 amide bonds. The largest absolute Gasteiger partial charge is 0.487 e. The highest BCUT2D eigenvalue weighted by Gasteiger charge is 2.16. The van der Waals surface area contributed by atoms with E-state index >= 15 is 0 Å². The molecule has 0 fully saturated rings. The molecule has 0 atom stereocenters. The standard InChI is InChI=1S/C18H19FN2.C17H18ClFO/c1-18(2,3)15-7-8-17-14(10-15)11-20-21(17)12-13-5-4-6-16(19)9-13;1-17(2,3)13-7-8-16(15(18)10-13)20-11-12-5-4-6-14(19)9-12/h4-11H,12H2,1-3H3;4-10H,11H2,1-3H3. The molecule has 1 heterocycles. The molecule has 1 aromatic heterocycles. The highest BCUT2D eigenvalue weighted by molar-refractivity contribution is 6.32. The van der Waals surface area contributed by atoms with Crippen LogP contribution in [0.2, 0.25) is 5.02 Å². The molecule has 0 spiro atoms. The summed E-state index contributed by atoms with van der Waals surface area (Å²) in [7, 11) is 0. The van der Waals surface area contributed by atoms with Gasteiger partial charge in [-0.3, -0.25) is 4.68 Å². The molecular weight excluding hydrogens is 538 g/mol. The first-order chi connectivity index (χ1) is 19.3. The first-order valence-corrected chi connectivity index (χ1v) is 14.1. The van der Waals surface area contributed by atoms with Gasteiger partial charge in [-0.25, -0.2) is 8.78 Å². The summed E-state index contributed by atoms with van der Waals surface area (Å²) in [5.41, 5.74) is 5.39. The van der Waals surface area contributed by atoms with Crippen LogP contribution in [0.15, 0.2) is 91.1 Å². The van der Waals surface area contributed by atoms with Gasteiger partial charge in [-0.1, -0.05) is 89.5 Å². The van der Waals surface area contributed by atoms with E-state index in [4.69, 9.17) is 16.3 Å². The Morgan fingerprint density at radius 1 is 0.732 bits per heavy atom. The molecule has 0 aliphatic heterocycles. The molecule has 4 aromatic carbocycles. The lowest BCUT2D eigenvalue weighted by molar-refractivity contribution is 0.305. The Balaban J connectivity index is 0.000000189. The molecule has 0 unspecified atom stereocenters. The van der Waals surface area contributed by atoms with Crippen LogP contribution >= 0.6 is 11.6 Å². The summed E-state index contributed by atoms with van der Waals surface area (Å²) in [5.74, 6) is 0.142. The summed E-state index contributed by atoms with van der Waals surface area (Å²) in [6.45, 7) is 13.9. The number of aromatic nitrogens is 2. The molecular formula is C35H37ClF2N2O. The van der Waals surface area contributed by atoms with Crippen molar-refractivity contribution in [3.05, 3.63) is 130 Å². The van der Waals surface area contributed by atoms with Crippen molar-refractivity contribution in [3.8, 4) is 5.75 Å². The zero-order chi connectivity index (χ0) is 29.8. The topological polar surface area (TPSA) is 27.1 Å². The van der Waals surface area contributed by atoms with E-state index in [0.717, 1.165) is 27.6 Å². The van der Waals surface area contributed by atoms with Crippen molar-refractivity contribution in [1.29, 1.82) is 0 Å². The number of ether oxygens (including phenoxy) is 1. The Hall–Kier alpha value is -3.70. The van der Waals surface area contributed by atoms with E-state index in [0.29, 0.717) is 23.9 Å². The number of halogens is 3. The summed E-state index contributed by atoms with van der Waals surface area (Å²) in [6.07, 6.45) is 1.88. The lowest BCUT2D eigenvalue weighted by Gasteiger charge is -2.20. The maximum atomic E-state index is 13.3. The van der Waals surface area contributed by atoms with E-state index < -0.39 is 0 Å². The minimum absolute atomic E-state index is 0.0464. The fourth-order valence-corrected chi connectivity index (χ4v) is 4.60. The monoisotopic (exact) mass is 574 g/mol. The summed E-state index contributed by atoms with van der Waals surface area (Å²) in [6, 6.07) is 25.2. The van der Waals surface area contributed by atoms with Crippen molar-refractivity contribution in [2.45, 2.75) is 65.5 Å². The average Bonchev–Trinajstić information content (AvgIpc) is 3.29. The van der Waals surface area contributed by atoms with E-state index in [1.54, 1.807) is 18.2 Å². The third-order valence-electron chi connectivity index (χ3n) is 6.81. The van der Waals surface area contributed by atoms with Gasteiger partial charge in [0.25, 0.3) is 0 Å². The first-order valence-electron chi connectivity index (χ1n) is 13.7. The lowest BCUT2D eigenvalue weighted by Crippen LogP contribution is -2.10. The third-order valence-corrected chi connectivity index (χ3v) is 7.11. The number of rotatable bonds is 5. The minimum atomic E-state index is -0.264. The van der Waals surface area contributed by atoms with Gasteiger partial charge in [0.2, 0.25) is 0 Å². The number of benzene rings is 4. The highest BCUT2D eigenvalue weighted by Crippen LogP contribution is 2.31. The second kappa shape index (κ2) is 12.4. The van der Waals surface area contributed by atoms with Gasteiger partial charge in [0.1, 0.15) is 24.0 Å². The van der Waals surface area contributed by atoms with E-state index in [9.17, 15) is 8.78 Å². The van der Waals surface area contributed by atoms with Gasteiger partial charge in [-0.05, 0) is 81.6 Å². The predicted molar refractivity (Wildman–Crippen MR) is 165 cm³/mol. The van der Waals surface area contributed by atoms with Crippen LogP contribution in [0.1, 0.15) is 63.8 Å². The summed E-state index contributed by atoms with van der Waals surface area (Å²) < 4.78 is 33.9. The van der Waals surface area contributed by atoms with Crippen LogP contribution in [0.25, 0.3) is 10.9 Å². The molecule has 5 aromatic rings. The highest BCUT2D eigenvalue weighted by atomic mass is 35.5. The van der Waals surface area contributed by atoms with Crippen LogP contribution in [0.3, 0.4) is 0 Å². The average molecular weight is 575 g/mol. The second-order valence-electron chi connectivity index (χ2n) is 12.3. The van der Waals surface area contributed by atoms with E-state index in [-0.39, 0.29) is 22.5 Å². The molecule has 0 radical (unpaired) electrons. The zero-order valence-corrected chi connectivity index (χ0v) is 25.3. The smallest absolute Gasteiger partial charge is 0.138 e. The van der Waals surface area contributed by atoms with Crippen LogP contribution in [0.5, 0.6) is 5.75 Å². The minimum Gasteiger partial charge on any atom is -0.487 e. The normalized spacial score (nSPS) is 11.7. The van der Waals surface area contributed by atoms with Gasteiger partial charge in [0.15, 0.2) is 0 Å². The lowest BCUT2D eigenvalue weighted by atomic mass is 9.86. The SMILES string of the molecule is CC(C)(C)c1ccc(OCc2cccc(F)c2)c(Cl)c1.CC(C)(C)c1ccc2c(cnn2Cc2cccc(F)c2)c1. The van der Waals surface area contributed by atoms with E-state index in [1.807, 2.05) is 41.2 Å². The maximum Gasteiger partial charge on any atom is 0.138 e. The number of nitrogens with zero attached hydrogens (tertiary/aromatic N) is 2. The molecule has 0 bridgehead atoms. The predicted octanol–water partition coefficient (Wildman–Crippen LogP) is 9.88. The van der Waals surface area contributed by atoms with Gasteiger partial charge in [0, 0.05) is 5.39 Å². The number of hydrogen-bond acceptors (Lipinski definition) is 2. The Morgan fingerprint density at radius 2 is 1.32 bits per heavy atom. The molecule has 214 valence electrons. The van der Waals surface area contributed by atoms with Crippen LogP contribution < -0.4 is 4.74 Å². The van der Waals surface area contributed by atoms with Crippen LogP contribution in [0.4, 0.5) is 8.78 Å². The fourth-order valence-electron chi connectivity index (χ4n) is 4.36. The molecule has 0 aliphatic carbocycles. The molecule has 0 N–H and O–H groups in total. The van der Waals surface area contributed by atoms with Crippen molar-refractivity contribution in [2.75, 3.05) is 0 Å². The number of fused-ring (bicyclic) bond motifs is 1. The van der Waals surface area contributed by atoms with E-state index in [2.05, 4.69) is 64.8 Å². The van der Waals surface area contributed by atoms with Gasteiger partial charge in [-0.2, -0.15) is 5.10 Å². The summed E-state index contributed by atoms with van der Waals surface area (Å²) in [4.78, 5) is 0. The van der Waals surface area contributed by atoms with Gasteiger partial charge < -0.3 is 4.74 Å².